The van der Waals surface area contributed by atoms with Crippen molar-refractivity contribution in [2.75, 3.05) is 0 Å². The molecule has 0 aromatic heterocycles. The summed E-state index contributed by atoms with van der Waals surface area (Å²) in [5, 5.41) is 4.50. The summed E-state index contributed by atoms with van der Waals surface area (Å²) in [7, 11) is -3.40. The van der Waals surface area contributed by atoms with Crippen LogP contribution >= 0.6 is 0 Å². The summed E-state index contributed by atoms with van der Waals surface area (Å²) in [6.07, 6.45) is 8.11. The average molecular weight is 201 g/mol. The molecule has 0 aromatic rings. The highest BCUT2D eigenvalue weighted by molar-refractivity contribution is 7.89. The standard InChI is InChI=1S/C9H15NO2S/c1-2-3-8-4-6-9(7-5-8)13(10,11)12/h4-6,9H,2-3,7H2,1H3,(H2,10,11,12). The van der Waals surface area contributed by atoms with E-state index in [1.807, 2.05) is 12.2 Å². The molecule has 0 heterocycles. The van der Waals surface area contributed by atoms with Crippen LogP contribution in [-0.4, -0.2) is 13.7 Å². The Labute approximate surface area is 79.4 Å². The number of nitrogens with two attached hydrogens (primary N) is 1. The van der Waals surface area contributed by atoms with Gasteiger partial charge in [0.05, 0.1) is 5.25 Å². The first-order valence-electron chi connectivity index (χ1n) is 4.43. The highest BCUT2D eigenvalue weighted by Crippen LogP contribution is 2.18. The van der Waals surface area contributed by atoms with Gasteiger partial charge in [-0.2, -0.15) is 0 Å². The van der Waals surface area contributed by atoms with Crippen LogP contribution in [-0.2, 0) is 10.0 Å². The lowest BCUT2D eigenvalue weighted by molar-refractivity contribution is 0.589. The van der Waals surface area contributed by atoms with E-state index in [1.165, 1.54) is 5.57 Å². The van der Waals surface area contributed by atoms with Gasteiger partial charge in [-0.25, -0.2) is 13.6 Å². The number of allylic oxidation sites excluding steroid dienone is 3. The molecule has 0 spiro atoms. The molecular weight excluding hydrogens is 186 g/mol. The van der Waals surface area contributed by atoms with E-state index in [-0.39, 0.29) is 0 Å². The molecule has 1 atom stereocenters. The van der Waals surface area contributed by atoms with Crippen molar-refractivity contribution in [2.45, 2.75) is 31.4 Å². The molecule has 0 aromatic carbocycles. The monoisotopic (exact) mass is 201 g/mol. The molecule has 0 radical (unpaired) electrons. The topological polar surface area (TPSA) is 60.2 Å². The quantitative estimate of drug-likeness (QED) is 0.748. The van der Waals surface area contributed by atoms with Gasteiger partial charge in [0.1, 0.15) is 0 Å². The SMILES string of the molecule is CCCC1=CCC(S(N)(=O)=O)C=C1. The van der Waals surface area contributed by atoms with Gasteiger partial charge in [0.25, 0.3) is 0 Å². The zero-order valence-corrected chi connectivity index (χ0v) is 8.55. The highest BCUT2D eigenvalue weighted by atomic mass is 32.2. The second-order valence-electron chi connectivity index (χ2n) is 3.25. The van der Waals surface area contributed by atoms with Crippen LogP contribution in [0.2, 0.25) is 0 Å². The lowest BCUT2D eigenvalue weighted by Crippen LogP contribution is -2.27. The molecule has 4 heteroatoms. The lowest BCUT2D eigenvalue weighted by Gasteiger charge is -2.13. The summed E-state index contributed by atoms with van der Waals surface area (Å²) in [6, 6.07) is 0. The summed E-state index contributed by atoms with van der Waals surface area (Å²) in [4.78, 5) is 0. The smallest absolute Gasteiger partial charge is 0.215 e. The maximum absolute atomic E-state index is 10.9. The zero-order chi connectivity index (χ0) is 9.90. The fourth-order valence-electron chi connectivity index (χ4n) is 1.36. The minimum Gasteiger partial charge on any atom is -0.228 e. The molecule has 74 valence electrons. The summed E-state index contributed by atoms with van der Waals surface area (Å²) >= 11 is 0. The van der Waals surface area contributed by atoms with E-state index in [1.54, 1.807) is 6.08 Å². The maximum Gasteiger partial charge on any atom is 0.215 e. The first-order valence-corrected chi connectivity index (χ1v) is 6.04. The van der Waals surface area contributed by atoms with Crippen molar-refractivity contribution in [2.24, 2.45) is 5.14 Å². The van der Waals surface area contributed by atoms with Gasteiger partial charge in [-0.1, -0.05) is 37.1 Å². The van der Waals surface area contributed by atoms with Crippen LogP contribution in [0.1, 0.15) is 26.2 Å². The average Bonchev–Trinajstić information content (AvgIpc) is 2.04. The van der Waals surface area contributed by atoms with Gasteiger partial charge in [-0.05, 0) is 12.8 Å². The first-order chi connectivity index (χ1) is 6.04. The Morgan fingerprint density at radius 1 is 1.62 bits per heavy atom. The third-order valence-corrected chi connectivity index (χ3v) is 3.29. The van der Waals surface area contributed by atoms with Crippen LogP contribution in [0.15, 0.2) is 23.8 Å². The van der Waals surface area contributed by atoms with Crippen LogP contribution in [0.4, 0.5) is 0 Å². The fourth-order valence-corrected chi connectivity index (χ4v) is 2.02. The van der Waals surface area contributed by atoms with E-state index in [4.69, 9.17) is 5.14 Å². The summed E-state index contributed by atoms with van der Waals surface area (Å²) in [5.41, 5.74) is 1.21. The molecule has 0 aliphatic heterocycles. The molecule has 1 unspecified atom stereocenters. The summed E-state index contributed by atoms with van der Waals surface area (Å²) < 4.78 is 21.9. The minimum atomic E-state index is -3.40. The van der Waals surface area contributed by atoms with Gasteiger partial charge >= 0.3 is 0 Å². The van der Waals surface area contributed by atoms with Crippen LogP contribution in [0, 0.1) is 0 Å². The molecule has 1 rings (SSSR count). The number of hydrogen-bond donors (Lipinski definition) is 1. The number of sulfonamides is 1. The highest BCUT2D eigenvalue weighted by Gasteiger charge is 2.19. The molecule has 1 aliphatic carbocycles. The van der Waals surface area contributed by atoms with Crippen molar-refractivity contribution in [3.63, 3.8) is 0 Å². The van der Waals surface area contributed by atoms with Gasteiger partial charge < -0.3 is 0 Å². The summed E-state index contributed by atoms with van der Waals surface area (Å²) in [5.74, 6) is 0. The van der Waals surface area contributed by atoms with E-state index in [0.717, 1.165) is 12.8 Å². The Morgan fingerprint density at radius 2 is 2.31 bits per heavy atom. The molecule has 2 N–H and O–H groups in total. The minimum absolute atomic E-state index is 0.519. The van der Waals surface area contributed by atoms with E-state index >= 15 is 0 Å². The Balaban J connectivity index is 2.64. The van der Waals surface area contributed by atoms with Gasteiger partial charge in [-0.3, -0.25) is 0 Å². The summed E-state index contributed by atoms with van der Waals surface area (Å²) in [6.45, 7) is 2.10. The molecule has 1 aliphatic rings. The van der Waals surface area contributed by atoms with Gasteiger partial charge in [0.2, 0.25) is 10.0 Å². The van der Waals surface area contributed by atoms with Gasteiger partial charge in [0, 0.05) is 0 Å². The number of primary sulfonamides is 1. The largest absolute Gasteiger partial charge is 0.228 e. The van der Waals surface area contributed by atoms with Crippen molar-refractivity contribution in [3.8, 4) is 0 Å². The molecule has 13 heavy (non-hydrogen) atoms. The molecule has 0 amide bonds. The van der Waals surface area contributed by atoms with Crippen LogP contribution < -0.4 is 5.14 Å². The third-order valence-electron chi connectivity index (χ3n) is 2.10. The van der Waals surface area contributed by atoms with Crippen molar-refractivity contribution < 1.29 is 8.42 Å². The number of rotatable bonds is 3. The lowest BCUT2D eigenvalue weighted by atomic mass is 10.0. The van der Waals surface area contributed by atoms with Crippen LogP contribution in [0.5, 0.6) is 0 Å². The second-order valence-corrected chi connectivity index (χ2v) is 5.03. The van der Waals surface area contributed by atoms with Gasteiger partial charge in [-0.15, -0.1) is 0 Å². The predicted octanol–water partition coefficient (Wildman–Crippen LogP) is 1.33. The maximum atomic E-state index is 10.9. The van der Waals surface area contributed by atoms with Crippen molar-refractivity contribution in [3.05, 3.63) is 23.8 Å². The third kappa shape index (κ3) is 2.97. The molecule has 3 nitrogen and oxygen atoms in total. The number of hydrogen-bond acceptors (Lipinski definition) is 2. The molecule has 0 fully saturated rings. The molecule has 0 saturated heterocycles. The first kappa shape index (κ1) is 10.5. The van der Waals surface area contributed by atoms with E-state index in [0.29, 0.717) is 6.42 Å². The van der Waals surface area contributed by atoms with Crippen molar-refractivity contribution >= 4 is 10.0 Å². The predicted molar refractivity (Wildman–Crippen MR) is 53.6 cm³/mol. The Morgan fingerprint density at radius 3 is 2.69 bits per heavy atom. The molecule has 0 saturated carbocycles. The Bertz CT molecular complexity index is 328. The van der Waals surface area contributed by atoms with Crippen LogP contribution in [0.25, 0.3) is 0 Å². The van der Waals surface area contributed by atoms with Crippen molar-refractivity contribution in [1.29, 1.82) is 0 Å². The fraction of sp³-hybridized carbons (Fsp3) is 0.556. The van der Waals surface area contributed by atoms with Crippen LogP contribution in [0.3, 0.4) is 0 Å². The van der Waals surface area contributed by atoms with E-state index in [9.17, 15) is 8.42 Å². The Kier molecular flexibility index (Phi) is 3.27. The molecule has 0 bridgehead atoms. The molecular formula is C9H15NO2S. The van der Waals surface area contributed by atoms with E-state index < -0.39 is 15.3 Å². The normalized spacial score (nSPS) is 22.9. The van der Waals surface area contributed by atoms with Gasteiger partial charge in [0.15, 0.2) is 0 Å². The van der Waals surface area contributed by atoms with E-state index in [2.05, 4.69) is 6.92 Å². The zero-order valence-electron chi connectivity index (χ0n) is 7.73. The Hall–Kier alpha value is -0.610. The second kappa shape index (κ2) is 4.07. The van der Waals surface area contributed by atoms with Crippen molar-refractivity contribution in [1.82, 2.24) is 0 Å².